The number of urea groups is 1. The van der Waals surface area contributed by atoms with Gasteiger partial charge in [0.1, 0.15) is 5.75 Å². The Bertz CT molecular complexity index is 519. The third-order valence-electron chi connectivity index (χ3n) is 3.25. The number of aryl methyl sites for hydroxylation is 1. The van der Waals surface area contributed by atoms with Gasteiger partial charge in [-0.25, -0.2) is 4.79 Å². The van der Waals surface area contributed by atoms with Gasteiger partial charge in [-0.2, -0.15) is 0 Å². The lowest BCUT2D eigenvalue weighted by molar-refractivity contribution is 0.176. The van der Waals surface area contributed by atoms with Gasteiger partial charge in [0.15, 0.2) is 6.73 Å². The Balaban J connectivity index is 2.64. The Morgan fingerprint density at radius 1 is 1.23 bits per heavy atom. The summed E-state index contributed by atoms with van der Waals surface area (Å²) in [5.74, 6) is 0.764. The van der Waals surface area contributed by atoms with E-state index in [1.807, 2.05) is 19.1 Å². The molecule has 0 radical (unpaired) electrons. The van der Waals surface area contributed by atoms with Gasteiger partial charge in [0, 0.05) is 0 Å². The number of hydrogen-bond acceptors (Lipinski definition) is 3. The predicted octanol–water partition coefficient (Wildman–Crippen LogP) is 2.70. The molecular weight excluding hydrogens is 280 g/mol. The highest BCUT2D eigenvalue weighted by Gasteiger charge is 2.20. The van der Waals surface area contributed by atoms with E-state index in [-0.39, 0.29) is 24.8 Å². The van der Waals surface area contributed by atoms with E-state index in [2.05, 4.69) is 37.5 Å². The topological polar surface area (TPSA) is 70.6 Å². The zero-order chi connectivity index (χ0) is 17.0. The zero-order valence-electron chi connectivity index (χ0n) is 14.4. The maximum atomic E-state index is 11.7. The minimum Gasteiger partial charge on any atom is -0.473 e. The Morgan fingerprint density at radius 3 is 2.41 bits per heavy atom. The molecule has 5 nitrogen and oxygen atoms in total. The van der Waals surface area contributed by atoms with Crippen molar-refractivity contribution in [1.82, 2.24) is 10.6 Å². The molecule has 0 bridgehead atoms. The van der Waals surface area contributed by atoms with Gasteiger partial charge in [-0.05, 0) is 37.8 Å². The van der Waals surface area contributed by atoms with Gasteiger partial charge in [-0.1, -0.05) is 38.5 Å². The summed E-state index contributed by atoms with van der Waals surface area (Å²) >= 11 is 0. The molecule has 124 valence electrons. The van der Waals surface area contributed by atoms with Crippen molar-refractivity contribution in [1.29, 1.82) is 0 Å². The standard InChI is InChI=1S/C17H28N2O3/c1-12-7-8-14(13(9-12)16(2,3)4)22-11-18-15(21)19-17(5,6)10-20/h7-9,20H,10-11H2,1-6H3,(H2,18,19,21). The highest BCUT2D eigenvalue weighted by Crippen LogP contribution is 2.31. The first-order chi connectivity index (χ1) is 10.0. The van der Waals surface area contributed by atoms with Gasteiger partial charge >= 0.3 is 6.03 Å². The second-order valence-corrected chi connectivity index (χ2v) is 7.21. The molecule has 3 N–H and O–H groups in total. The Morgan fingerprint density at radius 2 is 1.86 bits per heavy atom. The number of carbonyl (C=O) groups excluding carboxylic acids is 1. The van der Waals surface area contributed by atoms with Crippen LogP contribution >= 0.6 is 0 Å². The van der Waals surface area contributed by atoms with Crippen molar-refractivity contribution in [3.63, 3.8) is 0 Å². The third-order valence-corrected chi connectivity index (χ3v) is 3.25. The average molecular weight is 308 g/mol. The Hall–Kier alpha value is -1.75. The first kappa shape index (κ1) is 18.3. The van der Waals surface area contributed by atoms with E-state index in [1.54, 1.807) is 13.8 Å². The molecule has 0 unspecified atom stereocenters. The van der Waals surface area contributed by atoms with Gasteiger partial charge in [0.25, 0.3) is 0 Å². The molecule has 2 amide bonds. The molecule has 1 aromatic carbocycles. The molecule has 0 heterocycles. The fraction of sp³-hybridized carbons (Fsp3) is 0.588. The van der Waals surface area contributed by atoms with E-state index in [0.29, 0.717) is 0 Å². The number of nitrogens with one attached hydrogen (secondary N) is 2. The van der Waals surface area contributed by atoms with Gasteiger partial charge in [0.2, 0.25) is 0 Å². The smallest absolute Gasteiger partial charge is 0.317 e. The first-order valence-electron chi connectivity index (χ1n) is 7.46. The summed E-state index contributed by atoms with van der Waals surface area (Å²) in [5, 5.41) is 14.4. The first-order valence-corrected chi connectivity index (χ1v) is 7.46. The van der Waals surface area contributed by atoms with Crippen molar-refractivity contribution in [3.8, 4) is 5.75 Å². The van der Waals surface area contributed by atoms with Crippen LogP contribution in [0.3, 0.4) is 0 Å². The lowest BCUT2D eigenvalue weighted by Crippen LogP contribution is -2.51. The van der Waals surface area contributed by atoms with Crippen molar-refractivity contribution >= 4 is 6.03 Å². The van der Waals surface area contributed by atoms with Crippen LogP contribution in [0.25, 0.3) is 0 Å². The minimum absolute atomic E-state index is 0.0392. The van der Waals surface area contributed by atoms with E-state index in [9.17, 15) is 4.79 Å². The molecule has 0 saturated heterocycles. The highest BCUT2D eigenvalue weighted by atomic mass is 16.5. The van der Waals surface area contributed by atoms with E-state index >= 15 is 0 Å². The van der Waals surface area contributed by atoms with Crippen molar-refractivity contribution < 1.29 is 14.6 Å². The summed E-state index contributed by atoms with van der Waals surface area (Å²) in [7, 11) is 0. The summed E-state index contributed by atoms with van der Waals surface area (Å²) in [6.45, 7) is 11.8. The third kappa shape index (κ3) is 5.56. The summed E-state index contributed by atoms with van der Waals surface area (Å²) in [6.07, 6.45) is 0. The number of benzene rings is 1. The molecule has 0 spiro atoms. The van der Waals surface area contributed by atoms with Crippen molar-refractivity contribution in [3.05, 3.63) is 29.3 Å². The van der Waals surface area contributed by atoms with Crippen LogP contribution in [-0.4, -0.2) is 30.0 Å². The monoisotopic (exact) mass is 308 g/mol. The number of rotatable bonds is 5. The molecule has 0 aliphatic heterocycles. The van der Waals surface area contributed by atoms with Gasteiger partial charge in [0.05, 0.1) is 12.1 Å². The van der Waals surface area contributed by atoms with E-state index < -0.39 is 5.54 Å². The molecule has 0 fully saturated rings. The molecule has 0 aromatic heterocycles. The van der Waals surface area contributed by atoms with Crippen molar-refractivity contribution in [2.24, 2.45) is 0 Å². The SMILES string of the molecule is Cc1ccc(OCNC(=O)NC(C)(C)CO)c(C(C)(C)C)c1. The number of carbonyl (C=O) groups is 1. The maximum absolute atomic E-state index is 11.7. The normalized spacial score (nSPS) is 12.0. The maximum Gasteiger partial charge on any atom is 0.317 e. The Labute approximate surface area is 133 Å². The lowest BCUT2D eigenvalue weighted by Gasteiger charge is -2.25. The molecule has 0 atom stereocenters. The van der Waals surface area contributed by atoms with Crippen LogP contribution in [0, 0.1) is 6.92 Å². The second kappa shape index (κ2) is 7.01. The molecule has 5 heteroatoms. The number of hydrogen-bond donors (Lipinski definition) is 3. The molecular formula is C17H28N2O3. The fourth-order valence-electron chi connectivity index (χ4n) is 1.93. The molecule has 0 saturated carbocycles. The molecule has 1 rings (SSSR count). The summed E-state index contributed by atoms with van der Waals surface area (Å²) in [5.41, 5.74) is 1.57. The molecule has 22 heavy (non-hydrogen) atoms. The van der Waals surface area contributed by atoms with Crippen LogP contribution in [0.4, 0.5) is 4.79 Å². The highest BCUT2D eigenvalue weighted by molar-refractivity contribution is 5.74. The van der Waals surface area contributed by atoms with Crippen LogP contribution < -0.4 is 15.4 Å². The average Bonchev–Trinajstić information content (AvgIpc) is 2.38. The van der Waals surface area contributed by atoms with Crippen LogP contribution in [0.1, 0.15) is 45.7 Å². The van der Waals surface area contributed by atoms with Gasteiger partial charge in [-0.15, -0.1) is 0 Å². The van der Waals surface area contributed by atoms with Crippen LogP contribution in [0.5, 0.6) is 5.75 Å². The second-order valence-electron chi connectivity index (χ2n) is 7.21. The zero-order valence-corrected chi connectivity index (χ0v) is 14.4. The predicted molar refractivity (Wildman–Crippen MR) is 88.2 cm³/mol. The summed E-state index contributed by atoms with van der Waals surface area (Å²) in [6, 6.07) is 5.64. The summed E-state index contributed by atoms with van der Waals surface area (Å²) < 4.78 is 5.70. The Kier molecular flexibility index (Phi) is 5.83. The largest absolute Gasteiger partial charge is 0.473 e. The van der Waals surface area contributed by atoms with E-state index in [0.717, 1.165) is 11.3 Å². The van der Waals surface area contributed by atoms with E-state index in [1.165, 1.54) is 5.56 Å². The minimum atomic E-state index is -0.662. The van der Waals surface area contributed by atoms with Crippen LogP contribution in [0.2, 0.25) is 0 Å². The van der Waals surface area contributed by atoms with Gasteiger partial charge in [-0.3, -0.25) is 0 Å². The van der Waals surface area contributed by atoms with Crippen LogP contribution in [-0.2, 0) is 5.41 Å². The van der Waals surface area contributed by atoms with Crippen LogP contribution in [0.15, 0.2) is 18.2 Å². The van der Waals surface area contributed by atoms with Crippen molar-refractivity contribution in [2.45, 2.75) is 52.5 Å². The van der Waals surface area contributed by atoms with E-state index in [4.69, 9.17) is 9.84 Å². The lowest BCUT2D eigenvalue weighted by atomic mass is 9.85. The molecule has 0 aliphatic carbocycles. The fourth-order valence-corrected chi connectivity index (χ4v) is 1.93. The summed E-state index contributed by atoms with van der Waals surface area (Å²) in [4.78, 5) is 11.7. The van der Waals surface area contributed by atoms with Gasteiger partial charge < -0.3 is 20.5 Å². The molecule has 0 aliphatic rings. The van der Waals surface area contributed by atoms with Crippen molar-refractivity contribution in [2.75, 3.05) is 13.3 Å². The number of amides is 2. The number of aliphatic hydroxyl groups excluding tert-OH is 1. The quantitative estimate of drug-likeness (QED) is 0.732. The molecule has 1 aromatic rings. The number of aliphatic hydroxyl groups is 1. The number of ether oxygens (including phenoxy) is 1.